The van der Waals surface area contributed by atoms with E-state index in [4.69, 9.17) is 5.73 Å². The Morgan fingerprint density at radius 3 is 2.33 bits per heavy atom. The van der Waals surface area contributed by atoms with Gasteiger partial charge >= 0.3 is 0 Å². The monoisotopic (exact) mass is 263 g/mol. The molecule has 1 aliphatic carbocycles. The summed E-state index contributed by atoms with van der Waals surface area (Å²) in [6.07, 6.45) is 6.66. The van der Waals surface area contributed by atoms with Crippen molar-refractivity contribution in [3.63, 3.8) is 0 Å². The Hall–Kier alpha value is -0.470. The maximum absolute atomic E-state index is 5.69. The predicted octanol–water partition coefficient (Wildman–Crippen LogP) is 4.35. The van der Waals surface area contributed by atoms with Crippen molar-refractivity contribution in [1.29, 1.82) is 0 Å². The van der Waals surface area contributed by atoms with Crippen LogP contribution in [0, 0.1) is 0 Å². The maximum Gasteiger partial charge on any atom is 0.00944 e. The van der Waals surface area contributed by atoms with Crippen LogP contribution in [0.25, 0.3) is 0 Å². The molecule has 1 aromatic carbocycles. The molecule has 1 nitrogen and oxygen atoms in total. The van der Waals surface area contributed by atoms with E-state index in [0.717, 1.165) is 18.2 Å². The van der Waals surface area contributed by atoms with Crippen molar-refractivity contribution in [2.75, 3.05) is 6.54 Å². The molecular weight excluding hydrogens is 238 g/mol. The molecular formula is C16H25NS. The van der Waals surface area contributed by atoms with E-state index in [1.807, 2.05) is 0 Å². The number of thioether (sulfide) groups is 1. The zero-order valence-electron chi connectivity index (χ0n) is 11.6. The van der Waals surface area contributed by atoms with Crippen molar-refractivity contribution in [2.24, 2.45) is 5.73 Å². The third-order valence-electron chi connectivity index (χ3n) is 4.01. The minimum absolute atomic E-state index is 0.200. The van der Waals surface area contributed by atoms with Gasteiger partial charge in [-0.15, -0.1) is 11.8 Å². The van der Waals surface area contributed by atoms with Gasteiger partial charge in [-0.25, -0.2) is 0 Å². The van der Waals surface area contributed by atoms with Crippen LogP contribution in [-0.4, -0.2) is 11.8 Å². The highest BCUT2D eigenvalue weighted by Crippen LogP contribution is 2.35. The van der Waals surface area contributed by atoms with Crippen molar-refractivity contribution in [1.82, 2.24) is 0 Å². The highest BCUT2D eigenvalue weighted by atomic mass is 32.2. The first-order valence-electron chi connectivity index (χ1n) is 7.09. The van der Waals surface area contributed by atoms with Crippen LogP contribution in [0.3, 0.4) is 0 Å². The molecule has 1 fully saturated rings. The van der Waals surface area contributed by atoms with Crippen LogP contribution in [0.15, 0.2) is 29.2 Å². The maximum atomic E-state index is 5.69. The van der Waals surface area contributed by atoms with Gasteiger partial charge in [-0.1, -0.05) is 38.8 Å². The van der Waals surface area contributed by atoms with E-state index in [9.17, 15) is 0 Å². The van der Waals surface area contributed by atoms with Crippen molar-refractivity contribution in [3.8, 4) is 0 Å². The summed E-state index contributed by atoms with van der Waals surface area (Å²) in [6, 6.07) is 9.15. The Bertz CT molecular complexity index is 363. The van der Waals surface area contributed by atoms with E-state index in [1.165, 1.54) is 36.1 Å². The quantitative estimate of drug-likeness (QED) is 0.855. The second-order valence-corrected chi connectivity index (χ2v) is 7.35. The highest BCUT2D eigenvalue weighted by molar-refractivity contribution is 8.00. The van der Waals surface area contributed by atoms with Gasteiger partial charge in [0.25, 0.3) is 0 Å². The van der Waals surface area contributed by atoms with Crippen molar-refractivity contribution in [3.05, 3.63) is 29.8 Å². The molecule has 0 amide bonds. The summed E-state index contributed by atoms with van der Waals surface area (Å²) in [5.74, 6) is 0. The van der Waals surface area contributed by atoms with E-state index >= 15 is 0 Å². The fraction of sp³-hybridized carbons (Fsp3) is 0.625. The Labute approximate surface area is 116 Å². The molecule has 0 spiro atoms. The van der Waals surface area contributed by atoms with Crippen LogP contribution < -0.4 is 5.73 Å². The lowest BCUT2D eigenvalue weighted by molar-refractivity contribution is 0.487. The predicted molar refractivity (Wildman–Crippen MR) is 81.3 cm³/mol. The Kier molecular flexibility index (Phi) is 4.74. The van der Waals surface area contributed by atoms with Crippen LogP contribution in [-0.2, 0) is 5.41 Å². The molecule has 1 aromatic rings. The second-order valence-electron chi connectivity index (χ2n) is 5.97. The zero-order chi connectivity index (χ0) is 13.0. The molecule has 0 bridgehead atoms. The average molecular weight is 263 g/mol. The van der Waals surface area contributed by atoms with Gasteiger partial charge in [0.05, 0.1) is 0 Å². The topological polar surface area (TPSA) is 26.0 Å². The van der Waals surface area contributed by atoms with Crippen LogP contribution >= 0.6 is 11.8 Å². The average Bonchev–Trinajstić information content (AvgIpc) is 2.82. The van der Waals surface area contributed by atoms with Gasteiger partial charge in [-0.05, 0) is 48.9 Å². The Morgan fingerprint density at radius 2 is 1.78 bits per heavy atom. The number of benzene rings is 1. The summed E-state index contributed by atoms with van der Waals surface area (Å²) in [6.45, 7) is 5.31. The number of hydrogen-bond donors (Lipinski definition) is 1. The molecule has 0 unspecified atom stereocenters. The van der Waals surface area contributed by atoms with Crippen LogP contribution in [0.5, 0.6) is 0 Å². The van der Waals surface area contributed by atoms with E-state index in [1.54, 1.807) is 0 Å². The molecule has 2 N–H and O–H groups in total. The van der Waals surface area contributed by atoms with Crippen LogP contribution in [0.2, 0.25) is 0 Å². The Morgan fingerprint density at radius 1 is 1.17 bits per heavy atom. The van der Waals surface area contributed by atoms with Gasteiger partial charge in [-0.2, -0.15) is 0 Å². The van der Waals surface area contributed by atoms with Gasteiger partial charge in [0, 0.05) is 10.1 Å². The molecule has 0 atom stereocenters. The molecule has 0 aliphatic heterocycles. The van der Waals surface area contributed by atoms with Crippen LogP contribution in [0.4, 0.5) is 0 Å². The number of nitrogens with two attached hydrogens (primary N) is 1. The number of hydrogen-bond acceptors (Lipinski definition) is 2. The summed E-state index contributed by atoms with van der Waals surface area (Å²) in [5, 5.41) is 0.855. The fourth-order valence-electron chi connectivity index (χ4n) is 2.69. The molecule has 1 saturated carbocycles. The van der Waals surface area contributed by atoms with E-state index in [-0.39, 0.29) is 5.41 Å². The standard InChI is InChI=1S/C16H25NS/c1-16(2,11-12-17)13-7-9-15(10-8-13)18-14-5-3-4-6-14/h7-10,14H,3-6,11-12,17H2,1-2H3. The number of rotatable bonds is 5. The van der Waals surface area contributed by atoms with Gasteiger partial charge in [-0.3, -0.25) is 0 Å². The van der Waals surface area contributed by atoms with Gasteiger partial charge in [0.15, 0.2) is 0 Å². The summed E-state index contributed by atoms with van der Waals surface area (Å²) >= 11 is 2.06. The zero-order valence-corrected chi connectivity index (χ0v) is 12.4. The molecule has 0 radical (unpaired) electrons. The lowest BCUT2D eigenvalue weighted by Gasteiger charge is -2.24. The third-order valence-corrected chi connectivity index (χ3v) is 5.36. The molecule has 100 valence electrons. The second kappa shape index (κ2) is 6.12. The minimum Gasteiger partial charge on any atom is -0.330 e. The molecule has 0 heterocycles. The lowest BCUT2D eigenvalue weighted by atomic mass is 9.82. The van der Waals surface area contributed by atoms with Gasteiger partial charge in [0.2, 0.25) is 0 Å². The van der Waals surface area contributed by atoms with Crippen molar-refractivity contribution in [2.45, 2.75) is 61.5 Å². The smallest absolute Gasteiger partial charge is 0.00944 e. The molecule has 18 heavy (non-hydrogen) atoms. The molecule has 2 heteroatoms. The summed E-state index contributed by atoms with van der Waals surface area (Å²) in [7, 11) is 0. The SMILES string of the molecule is CC(C)(CCN)c1ccc(SC2CCCC2)cc1. The van der Waals surface area contributed by atoms with E-state index in [0.29, 0.717) is 0 Å². The first-order valence-corrected chi connectivity index (χ1v) is 7.97. The van der Waals surface area contributed by atoms with Crippen molar-refractivity contribution >= 4 is 11.8 Å². The normalized spacial score (nSPS) is 17.3. The largest absolute Gasteiger partial charge is 0.330 e. The van der Waals surface area contributed by atoms with E-state index < -0.39 is 0 Å². The lowest BCUT2D eigenvalue weighted by Crippen LogP contribution is -2.21. The third kappa shape index (κ3) is 3.52. The fourth-order valence-corrected chi connectivity index (χ4v) is 3.94. The molecule has 0 saturated heterocycles. The molecule has 2 rings (SSSR count). The first-order chi connectivity index (χ1) is 8.62. The molecule has 1 aliphatic rings. The van der Waals surface area contributed by atoms with E-state index in [2.05, 4.69) is 49.9 Å². The highest BCUT2D eigenvalue weighted by Gasteiger charge is 2.20. The summed E-state index contributed by atoms with van der Waals surface area (Å²) in [5.41, 5.74) is 7.29. The Balaban J connectivity index is 2.00. The summed E-state index contributed by atoms with van der Waals surface area (Å²) in [4.78, 5) is 1.43. The minimum atomic E-state index is 0.200. The summed E-state index contributed by atoms with van der Waals surface area (Å²) < 4.78 is 0. The van der Waals surface area contributed by atoms with Gasteiger partial charge in [0.1, 0.15) is 0 Å². The van der Waals surface area contributed by atoms with Crippen LogP contribution in [0.1, 0.15) is 51.5 Å². The molecule has 0 aromatic heterocycles. The van der Waals surface area contributed by atoms with Crippen molar-refractivity contribution < 1.29 is 0 Å². The van der Waals surface area contributed by atoms with Gasteiger partial charge < -0.3 is 5.73 Å². The first kappa shape index (κ1) is 14.0.